The number of hydrogen-bond donors (Lipinski definition) is 7. The van der Waals surface area contributed by atoms with Crippen LogP contribution in [0.5, 0.6) is 0 Å². The standard InChI is InChI=1S/C12H23N5O6/c1-7(5-16-9(20)6-18)10(17-12(22)23)11(21)15-3-2-14-8(19)4-13/h7,10,17-18H,2-6,13H2,1H3,(H,14,19)(H,15,21)(H,16,20)(H,22,23). The number of aliphatic hydroxyl groups is 1. The molecule has 0 aromatic rings. The highest BCUT2D eigenvalue weighted by molar-refractivity contribution is 5.85. The SMILES string of the molecule is CC(CNC(=O)CO)C(NC(=O)O)C(=O)NCCNC(=O)CN. The van der Waals surface area contributed by atoms with Crippen molar-refractivity contribution < 1.29 is 29.4 Å². The molecule has 132 valence electrons. The van der Waals surface area contributed by atoms with E-state index in [1.54, 1.807) is 6.92 Å². The molecule has 2 atom stereocenters. The first-order valence-electron chi connectivity index (χ1n) is 6.93. The fourth-order valence-corrected chi connectivity index (χ4v) is 1.62. The fraction of sp³-hybridized carbons (Fsp3) is 0.667. The van der Waals surface area contributed by atoms with E-state index in [1.165, 1.54) is 0 Å². The second kappa shape index (κ2) is 11.2. The maximum Gasteiger partial charge on any atom is 0.405 e. The van der Waals surface area contributed by atoms with Crippen molar-refractivity contribution in [3.8, 4) is 0 Å². The lowest BCUT2D eigenvalue weighted by atomic mass is 10.0. The maximum atomic E-state index is 12.0. The predicted molar refractivity (Wildman–Crippen MR) is 79.3 cm³/mol. The third-order valence-corrected chi connectivity index (χ3v) is 2.83. The minimum Gasteiger partial charge on any atom is -0.465 e. The third kappa shape index (κ3) is 9.26. The summed E-state index contributed by atoms with van der Waals surface area (Å²) in [6.07, 6.45) is -1.39. The van der Waals surface area contributed by atoms with Gasteiger partial charge in [0.1, 0.15) is 12.6 Å². The minimum atomic E-state index is -1.39. The van der Waals surface area contributed by atoms with Gasteiger partial charge in [-0.3, -0.25) is 14.4 Å². The van der Waals surface area contributed by atoms with Gasteiger partial charge < -0.3 is 37.2 Å². The van der Waals surface area contributed by atoms with Crippen LogP contribution in [0.15, 0.2) is 0 Å². The van der Waals surface area contributed by atoms with Gasteiger partial charge in [-0.1, -0.05) is 6.92 Å². The summed E-state index contributed by atoms with van der Waals surface area (Å²) in [5, 5.41) is 26.7. The Morgan fingerprint density at radius 2 is 1.65 bits per heavy atom. The largest absolute Gasteiger partial charge is 0.465 e. The average Bonchev–Trinajstić information content (AvgIpc) is 2.53. The van der Waals surface area contributed by atoms with E-state index in [4.69, 9.17) is 15.9 Å². The molecule has 4 amide bonds. The van der Waals surface area contributed by atoms with Crippen molar-refractivity contribution >= 4 is 23.8 Å². The van der Waals surface area contributed by atoms with E-state index >= 15 is 0 Å². The first-order chi connectivity index (χ1) is 10.8. The number of nitrogens with one attached hydrogen (secondary N) is 4. The molecule has 0 aliphatic rings. The number of rotatable bonds is 10. The highest BCUT2D eigenvalue weighted by Gasteiger charge is 2.26. The average molecular weight is 333 g/mol. The van der Waals surface area contributed by atoms with E-state index in [0.29, 0.717) is 0 Å². The van der Waals surface area contributed by atoms with Crippen molar-refractivity contribution in [2.75, 3.05) is 32.8 Å². The van der Waals surface area contributed by atoms with Crippen LogP contribution in [0, 0.1) is 5.92 Å². The highest BCUT2D eigenvalue weighted by Crippen LogP contribution is 2.02. The molecule has 0 saturated carbocycles. The zero-order valence-electron chi connectivity index (χ0n) is 12.8. The summed E-state index contributed by atoms with van der Waals surface area (Å²) in [4.78, 5) is 44.7. The van der Waals surface area contributed by atoms with Gasteiger partial charge in [0.15, 0.2) is 0 Å². The molecule has 0 saturated heterocycles. The molecule has 8 N–H and O–H groups in total. The Kier molecular flexibility index (Phi) is 10.0. The molecular weight excluding hydrogens is 310 g/mol. The van der Waals surface area contributed by atoms with Gasteiger partial charge in [-0.25, -0.2) is 4.79 Å². The van der Waals surface area contributed by atoms with Crippen LogP contribution in [0.2, 0.25) is 0 Å². The van der Waals surface area contributed by atoms with Crippen molar-refractivity contribution in [3.05, 3.63) is 0 Å². The summed E-state index contributed by atoms with van der Waals surface area (Å²) in [6.45, 7) is 0.945. The first kappa shape index (κ1) is 20.6. The van der Waals surface area contributed by atoms with E-state index in [0.717, 1.165) is 0 Å². The zero-order valence-corrected chi connectivity index (χ0v) is 12.8. The number of nitrogens with two attached hydrogens (primary N) is 1. The Morgan fingerprint density at radius 1 is 1.04 bits per heavy atom. The smallest absolute Gasteiger partial charge is 0.405 e. The van der Waals surface area contributed by atoms with Gasteiger partial charge in [0, 0.05) is 25.6 Å². The van der Waals surface area contributed by atoms with Crippen molar-refractivity contribution in [2.24, 2.45) is 11.7 Å². The predicted octanol–water partition coefficient (Wildman–Crippen LogP) is -3.44. The molecule has 0 radical (unpaired) electrons. The molecule has 0 spiro atoms. The molecule has 0 aromatic carbocycles. The van der Waals surface area contributed by atoms with Crippen LogP contribution < -0.4 is 27.0 Å². The maximum absolute atomic E-state index is 12.0. The molecular formula is C12H23N5O6. The molecule has 0 bridgehead atoms. The normalized spacial score (nSPS) is 12.7. The molecule has 0 aliphatic carbocycles. The Bertz CT molecular complexity index is 430. The Balaban J connectivity index is 4.44. The van der Waals surface area contributed by atoms with Crippen molar-refractivity contribution in [1.29, 1.82) is 0 Å². The summed E-state index contributed by atoms with van der Waals surface area (Å²) < 4.78 is 0. The van der Waals surface area contributed by atoms with Crippen LogP contribution in [-0.2, 0) is 14.4 Å². The molecule has 0 heterocycles. The Morgan fingerprint density at radius 3 is 2.17 bits per heavy atom. The van der Waals surface area contributed by atoms with Crippen LogP contribution in [-0.4, -0.2) is 72.9 Å². The van der Waals surface area contributed by atoms with Crippen molar-refractivity contribution in [2.45, 2.75) is 13.0 Å². The van der Waals surface area contributed by atoms with Crippen LogP contribution in [0.25, 0.3) is 0 Å². The quantitative estimate of drug-likeness (QED) is 0.203. The number of carbonyl (C=O) groups is 4. The van der Waals surface area contributed by atoms with Gasteiger partial charge >= 0.3 is 6.09 Å². The third-order valence-electron chi connectivity index (χ3n) is 2.83. The van der Waals surface area contributed by atoms with Crippen LogP contribution in [0.3, 0.4) is 0 Å². The van der Waals surface area contributed by atoms with E-state index < -0.39 is 36.5 Å². The highest BCUT2D eigenvalue weighted by atomic mass is 16.4. The summed E-state index contributed by atoms with van der Waals surface area (Å²) in [5.74, 6) is -2.16. The lowest BCUT2D eigenvalue weighted by Crippen LogP contribution is -2.53. The molecule has 0 rings (SSSR count). The number of carboxylic acid groups (broad SMARTS) is 1. The molecule has 0 aromatic heterocycles. The summed E-state index contributed by atoms with van der Waals surface area (Å²) in [6, 6.07) is -1.10. The molecule has 0 fully saturated rings. The van der Waals surface area contributed by atoms with Gasteiger partial charge in [0.05, 0.1) is 6.54 Å². The molecule has 2 unspecified atom stereocenters. The molecule has 11 nitrogen and oxygen atoms in total. The molecule has 0 aliphatic heterocycles. The van der Waals surface area contributed by atoms with E-state index in [1.807, 2.05) is 0 Å². The molecule has 23 heavy (non-hydrogen) atoms. The van der Waals surface area contributed by atoms with Gasteiger partial charge in [-0.15, -0.1) is 0 Å². The second-order valence-electron chi connectivity index (χ2n) is 4.71. The Labute approximate surface area is 133 Å². The van der Waals surface area contributed by atoms with Crippen LogP contribution >= 0.6 is 0 Å². The topological polar surface area (TPSA) is 183 Å². The van der Waals surface area contributed by atoms with E-state index in [2.05, 4.69) is 21.3 Å². The monoisotopic (exact) mass is 333 g/mol. The number of aliphatic hydroxyl groups excluding tert-OH is 1. The second-order valence-corrected chi connectivity index (χ2v) is 4.71. The number of carbonyl (C=O) groups excluding carboxylic acids is 3. The molecule has 11 heteroatoms. The van der Waals surface area contributed by atoms with E-state index in [-0.39, 0.29) is 32.1 Å². The van der Waals surface area contributed by atoms with Gasteiger partial charge in [-0.2, -0.15) is 0 Å². The lowest BCUT2D eigenvalue weighted by molar-refractivity contribution is -0.126. The van der Waals surface area contributed by atoms with Gasteiger partial charge in [-0.05, 0) is 0 Å². The van der Waals surface area contributed by atoms with Crippen molar-refractivity contribution in [1.82, 2.24) is 21.3 Å². The summed E-state index contributed by atoms with van der Waals surface area (Å²) in [7, 11) is 0. The Hall–Kier alpha value is -2.40. The summed E-state index contributed by atoms with van der Waals surface area (Å²) >= 11 is 0. The van der Waals surface area contributed by atoms with Gasteiger partial charge in [0.2, 0.25) is 17.7 Å². The minimum absolute atomic E-state index is 0.00166. The van der Waals surface area contributed by atoms with Crippen molar-refractivity contribution in [3.63, 3.8) is 0 Å². The van der Waals surface area contributed by atoms with Crippen LogP contribution in [0.1, 0.15) is 6.92 Å². The number of amides is 4. The lowest BCUT2D eigenvalue weighted by Gasteiger charge is -2.23. The fourth-order valence-electron chi connectivity index (χ4n) is 1.62. The van der Waals surface area contributed by atoms with Crippen LogP contribution in [0.4, 0.5) is 4.79 Å². The number of hydrogen-bond acceptors (Lipinski definition) is 6. The first-order valence-corrected chi connectivity index (χ1v) is 6.93. The van der Waals surface area contributed by atoms with E-state index in [9.17, 15) is 19.2 Å². The summed E-state index contributed by atoms with van der Waals surface area (Å²) in [5.41, 5.74) is 5.10. The van der Waals surface area contributed by atoms with Gasteiger partial charge in [0.25, 0.3) is 0 Å². The zero-order chi connectivity index (χ0) is 17.8.